The van der Waals surface area contributed by atoms with E-state index in [1.807, 2.05) is 45.0 Å². The number of hydrogen-bond donors (Lipinski definition) is 1. The number of allylic oxidation sites excluding steroid dienone is 1. The van der Waals surface area contributed by atoms with E-state index in [1.165, 1.54) is 10.8 Å². The lowest BCUT2D eigenvalue weighted by Gasteiger charge is -2.15. The van der Waals surface area contributed by atoms with E-state index >= 15 is 0 Å². The molecule has 0 aliphatic carbocycles. The predicted molar refractivity (Wildman–Crippen MR) is 149 cm³/mol. The minimum atomic E-state index is -0.261. The number of furan rings is 1. The maximum atomic E-state index is 12.8. The zero-order valence-corrected chi connectivity index (χ0v) is 21.1. The summed E-state index contributed by atoms with van der Waals surface area (Å²) in [6.07, 6.45) is 3.37. The molecule has 0 fully saturated rings. The molecule has 0 saturated heterocycles. The maximum Gasteiger partial charge on any atom is 0.248 e. The van der Waals surface area contributed by atoms with Crippen molar-refractivity contribution in [3.63, 3.8) is 0 Å². The number of amides is 1. The van der Waals surface area contributed by atoms with E-state index in [0.717, 1.165) is 38.8 Å². The number of carbonyl (C=O) groups is 1. The number of fused-ring (bicyclic) bond motifs is 2. The Hall–Kier alpha value is -4.02. The molecule has 4 nitrogen and oxygen atoms in total. The van der Waals surface area contributed by atoms with Gasteiger partial charge in [0.15, 0.2) is 0 Å². The lowest BCUT2D eigenvalue weighted by atomic mass is 9.95. The van der Waals surface area contributed by atoms with E-state index in [-0.39, 0.29) is 5.91 Å². The van der Waals surface area contributed by atoms with Crippen LogP contribution in [0.25, 0.3) is 38.4 Å². The Labute approximate surface area is 215 Å². The third-order valence-corrected chi connectivity index (χ3v) is 6.63. The van der Waals surface area contributed by atoms with Crippen LogP contribution >= 0.6 is 11.6 Å². The van der Waals surface area contributed by atoms with Crippen LogP contribution in [0.1, 0.15) is 25.0 Å². The Morgan fingerprint density at radius 2 is 1.78 bits per heavy atom. The van der Waals surface area contributed by atoms with E-state index in [0.29, 0.717) is 23.1 Å². The average Bonchev–Trinajstić information content (AvgIpc) is 3.31. The molecule has 180 valence electrons. The summed E-state index contributed by atoms with van der Waals surface area (Å²) in [5.74, 6) is 0.450. The van der Waals surface area contributed by atoms with Crippen LogP contribution in [0.4, 0.5) is 5.69 Å². The van der Waals surface area contributed by atoms with Gasteiger partial charge in [-0.05, 0) is 66.9 Å². The number of hydrogen-bond acceptors (Lipinski definition) is 3. The number of carbonyl (C=O) groups excluding carboxylic acids is 1. The Morgan fingerprint density at radius 3 is 2.56 bits per heavy atom. The number of para-hydroxylation sites is 1. The number of halogens is 1. The molecular formula is C31H26ClNO3. The van der Waals surface area contributed by atoms with Gasteiger partial charge in [0.1, 0.15) is 11.3 Å². The molecule has 0 aliphatic heterocycles. The van der Waals surface area contributed by atoms with Crippen LogP contribution < -0.4 is 10.1 Å². The molecule has 36 heavy (non-hydrogen) atoms. The average molecular weight is 496 g/mol. The third kappa shape index (κ3) is 4.48. The lowest BCUT2D eigenvalue weighted by Crippen LogP contribution is -2.09. The minimum Gasteiger partial charge on any atom is -0.493 e. The summed E-state index contributed by atoms with van der Waals surface area (Å²) < 4.78 is 12.1. The van der Waals surface area contributed by atoms with Gasteiger partial charge in [0.25, 0.3) is 0 Å². The first kappa shape index (κ1) is 23.7. The normalized spacial score (nSPS) is 11.7. The quantitative estimate of drug-likeness (QED) is 0.240. The molecule has 1 aromatic heterocycles. The van der Waals surface area contributed by atoms with Crippen LogP contribution in [0.2, 0.25) is 5.02 Å². The monoisotopic (exact) mass is 495 g/mol. The van der Waals surface area contributed by atoms with Crippen molar-refractivity contribution in [3.8, 4) is 16.9 Å². The van der Waals surface area contributed by atoms with Crippen LogP contribution in [0, 0.1) is 6.92 Å². The highest BCUT2D eigenvalue weighted by molar-refractivity contribution is 6.33. The Balaban J connectivity index is 1.60. The van der Waals surface area contributed by atoms with Crippen molar-refractivity contribution in [3.05, 3.63) is 101 Å². The standard InChI is InChI=1S/C31H26ClNO3/c1-4-35-30-20(3)31-25(26(18-36-31)23-14-13-21-9-5-6-10-22(21)16-23)17-24(30)19(2)15-29(34)33-28-12-8-7-11-27(28)32/h5-18H,4H2,1-3H3,(H,33,34)/b19-15+. The van der Waals surface area contributed by atoms with Gasteiger partial charge in [-0.1, -0.05) is 60.1 Å². The molecule has 1 N–H and O–H groups in total. The zero-order chi connectivity index (χ0) is 25.2. The molecule has 0 bridgehead atoms. The van der Waals surface area contributed by atoms with Gasteiger partial charge in [-0.3, -0.25) is 4.79 Å². The fraction of sp³-hybridized carbons (Fsp3) is 0.129. The van der Waals surface area contributed by atoms with Gasteiger partial charge >= 0.3 is 0 Å². The second-order valence-electron chi connectivity index (χ2n) is 8.70. The molecule has 1 amide bonds. The minimum absolute atomic E-state index is 0.261. The highest BCUT2D eigenvalue weighted by Crippen LogP contribution is 2.41. The number of ether oxygens (including phenoxy) is 1. The van der Waals surface area contributed by atoms with Crippen LogP contribution in [0.3, 0.4) is 0 Å². The number of rotatable bonds is 6. The summed E-state index contributed by atoms with van der Waals surface area (Å²) in [6, 6.07) is 23.9. The first-order valence-corrected chi connectivity index (χ1v) is 12.2. The van der Waals surface area contributed by atoms with Gasteiger partial charge in [-0.2, -0.15) is 0 Å². The predicted octanol–water partition coefficient (Wildman–Crippen LogP) is 8.66. The van der Waals surface area contributed by atoms with E-state index < -0.39 is 0 Å². The largest absolute Gasteiger partial charge is 0.493 e. The topological polar surface area (TPSA) is 51.5 Å². The fourth-order valence-corrected chi connectivity index (χ4v) is 4.71. The molecule has 0 radical (unpaired) electrons. The highest BCUT2D eigenvalue weighted by atomic mass is 35.5. The van der Waals surface area contributed by atoms with Crippen LogP contribution in [0.15, 0.2) is 89.6 Å². The van der Waals surface area contributed by atoms with E-state index in [4.69, 9.17) is 20.8 Å². The summed E-state index contributed by atoms with van der Waals surface area (Å²) >= 11 is 6.21. The molecule has 1 heterocycles. The highest BCUT2D eigenvalue weighted by Gasteiger charge is 2.19. The van der Waals surface area contributed by atoms with Gasteiger partial charge in [0.05, 0.1) is 23.6 Å². The number of benzene rings is 4. The van der Waals surface area contributed by atoms with Crippen molar-refractivity contribution < 1.29 is 13.9 Å². The molecule has 5 rings (SSSR count). The number of aryl methyl sites for hydroxylation is 1. The SMILES string of the molecule is CCOc1c(/C(C)=C/C(=O)Nc2ccccc2Cl)cc2c(-c3ccc4ccccc4c3)coc2c1C. The second-order valence-corrected chi connectivity index (χ2v) is 9.10. The first-order valence-electron chi connectivity index (χ1n) is 11.9. The summed E-state index contributed by atoms with van der Waals surface area (Å²) in [4.78, 5) is 12.8. The Kier molecular flexibility index (Phi) is 6.53. The Bertz CT molecular complexity index is 1630. The Morgan fingerprint density at radius 1 is 1.03 bits per heavy atom. The van der Waals surface area contributed by atoms with Gasteiger partial charge < -0.3 is 14.5 Å². The van der Waals surface area contributed by atoms with E-state index in [2.05, 4.69) is 41.7 Å². The summed E-state index contributed by atoms with van der Waals surface area (Å²) in [6.45, 7) is 6.34. The molecule has 0 saturated carbocycles. The van der Waals surface area contributed by atoms with E-state index in [9.17, 15) is 4.79 Å². The van der Waals surface area contributed by atoms with Crippen molar-refractivity contribution in [2.75, 3.05) is 11.9 Å². The fourth-order valence-electron chi connectivity index (χ4n) is 4.53. The van der Waals surface area contributed by atoms with Crippen LogP contribution in [-0.2, 0) is 4.79 Å². The summed E-state index contributed by atoms with van der Waals surface area (Å²) in [5, 5.41) is 6.67. The zero-order valence-electron chi connectivity index (χ0n) is 20.4. The molecular weight excluding hydrogens is 470 g/mol. The van der Waals surface area contributed by atoms with Crippen molar-refractivity contribution >= 4 is 50.5 Å². The third-order valence-electron chi connectivity index (χ3n) is 6.30. The number of nitrogens with one attached hydrogen (secondary N) is 1. The van der Waals surface area contributed by atoms with Crippen molar-refractivity contribution in [1.82, 2.24) is 0 Å². The number of anilines is 1. The molecule has 4 aromatic carbocycles. The van der Waals surface area contributed by atoms with Crippen molar-refractivity contribution in [1.29, 1.82) is 0 Å². The van der Waals surface area contributed by atoms with Gasteiger partial charge in [-0.15, -0.1) is 0 Å². The van der Waals surface area contributed by atoms with Gasteiger partial charge in [0.2, 0.25) is 5.91 Å². The molecule has 5 heteroatoms. The van der Waals surface area contributed by atoms with E-state index in [1.54, 1.807) is 24.5 Å². The second kappa shape index (κ2) is 9.92. The van der Waals surface area contributed by atoms with Crippen molar-refractivity contribution in [2.24, 2.45) is 0 Å². The smallest absolute Gasteiger partial charge is 0.248 e. The molecule has 0 aliphatic rings. The lowest BCUT2D eigenvalue weighted by molar-refractivity contribution is -0.111. The maximum absolute atomic E-state index is 12.8. The van der Waals surface area contributed by atoms with Crippen molar-refractivity contribution in [2.45, 2.75) is 20.8 Å². The molecule has 0 spiro atoms. The van der Waals surface area contributed by atoms with Crippen LogP contribution in [-0.4, -0.2) is 12.5 Å². The summed E-state index contributed by atoms with van der Waals surface area (Å²) in [7, 11) is 0. The molecule has 5 aromatic rings. The van der Waals surface area contributed by atoms with Crippen LogP contribution in [0.5, 0.6) is 5.75 Å². The van der Waals surface area contributed by atoms with Gasteiger partial charge in [-0.25, -0.2) is 0 Å². The molecule has 0 unspecified atom stereocenters. The van der Waals surface area contributed by atoms with Gasteiger partial charge in [0, 0.05) is 28.2 Å². The summed E-state index contributed by atoms with van der Waals surface area (Å²) in [5.41, 5.74) is 5.93. The first-order chi connectivity index (χ1) is 17.5. The molecule has 0 atom stereocenters.